The van der Waals surface area contributed by atoms with Gasteiger partial charge < -0.3 is 9.88 Å². The summed E-state index contributed by atoms with van der Waals surface area (Å²) in [6, 6.07) is 5.16. The monoisotopic (exact) mass is 303 g/mol. The molecule has 3 nitrogen and oxygen atoms in total. The van der Waals surface area contributed by atoms with Crippen molar-refractivity contribution in [3.8, 4) is 0 Å². The van der Waals surface area contributed by atoms with E-state index in [1.54, 1.807) is 0 Å². The van der Waals surface area contributed by atoms with Crippen LogP contribution >= 0.6 is 11.3 Å². The average molecular weight is 303 g/mol. The van der Waals surface area contributed by atoms with Crippen LogP contribution in [-0.4, -0.2) is 15.6 Å². The lowest BCUT2D eigenvalue weighted by Crippen LogP contribution is -2.38. The molecule has 1 N–H and O–H groups in total. The molecule has 4 heteroatoms. The van der Waals surface area contributed by atoms with Gasteiger partial charge in [0.2, 0.25) is 0 Å². The third-order valence-electron chi connectivity index (χ3n) is 4.69. The number of hydrogen-bond acceptors (Lipinski definition) is 3. The summed E-state index contributed by atoms with van der Waals surface area (Å²) in [5.74, 6) is 1.11. The van der Waals surface area contributed by atoms with Gasteiger partial charge in [0.15, 0.2) is 0 Å². The number of aromatic nitrogens is 2. The summed E-state index contributed by atoms with van der Waals surface area (Å²) in [6.45, 7) is 4.78. The number of nitrogens with one attached hydrogen (secondary N) is 1. The van der Waals surface area contributed by atoms with E-state index in [0.717, 1.165) is 5.82 Å². The molecular weight excluding hydrogens is 278 g/mol. The summed E-state index contributed by atoms with van der Waals surface area (Å²) in [5, 5.41) is 6.02. The fourth-order valence-electron chi connectivity index (χ4n) is 3.20. The Balaban J connectivity index is 1.77. The van der Waals surface area contributed by atoms with Crippen molar-refractivity contribution in [3.63, 3.8) is 0 Å². The summed E-state index contributed by atoms with van der Waals surface area (Å²) in [5.41, 5.74) is 0.514. The highest BCUT2D eigenvalue weighted by molar-refractivity contribution is 7.10. The Hall–Kier alpha value is -1.13. The van der Waals surface area contributed by atoms with Crippen molar-refractivity contribution in [1.29, 1.82) is 0 Å². The zero-order chi connectivity index (χ0) is 14.9. The van der Waals surface area contributed by atoms with Gasteiger partial charge in [0.25, 0.3) is 0 Å². The first-order valence-electron chi connectivity index (χ1n) is 7.82. The van der Waals surface area contributed by atoms with E-state index in [9.17, 15) is 0 Å². The zero-order valence-electron chi connectivity index (χ0n) is 13.2. The molecule has 21 heavy (non-hydrogen) atoms. The Kier molecular flexibility index (Phi) is 4.18. The standard InChI is InChI=1S/C17H25N3S/c1-17(2)8-6-13(7-9-17)19-15(14-5-4-12-21-14)16-18-10-11-20(16)3/h4-5,10-13,15,19H,6-9H2,1-3H3. The highest BCUT2D eigenvalue weighted by Gasteiger charge is 2.29. The molecule has 1 aliphatic rings. The Morgan fingerprint density at radius 1 is 1.38 bits per heavy atom. The Morgan fingerprint density at radius 3 is 2.71 bits per heavy atom. The smallest absolute Gasteiger partial charge is 0.131 e. The van der Waals surface area contributed by atoms with Gasteiger partial charge in [0.1, 0.15) is 11.9 Å². The lowest BCUT2D eigenvalue weighted by Gasteiger charge is -2.36. The maximum Gasteiger partial charge on any atom is 0.131 e. The fraction of sp³-hybridized carbons (Fsp3) is 0.588. The predicted molar refractivity (Wildman–Crippen MR) is 88.5 cm³/mol. The van der Waals surface area contributed by atoms with Crippen LogP contribution in [-0.2, 0) is 7.05 Å². The van der Waals surface area contributed by atoms with E-state index in [0.29, 0.717) is 11.5 Å². The molecule has 1 saturated carbocycles. The summed E-state index contributed by atoms with van der Waals surface area (Å²) >= 11 is 1.81. The molecular formula is C17H25N3S. The van der Waals surface area contributed by atoms with Crippen LogP contribution in [0.15, 0.2) is 29.9 Å². The average Bonchev–Trinajstić information content (AvgIpc) is 3.09. The van der Waals surface area contributed by atoms with Gasteiger partial charge in [-0.2, -0.15) is 0 Å². The molecule has 1 unspecified atom stereocenters. The van der Waals surface area contributed by atoms with Crippen molar-refractivity contribution < 1.29 is 0 Å². The van der Waals surface area contributed by atoms with Crippen LogP contribution in [0.5, 0.6) is 0 Å². The van der Waals surface area contributed by atoms with E-state index in [4.69, 9.17) is 0 Å². The van der Waals surface area contributed by atoms with Crippen LogP contribution in [0, 0.1) is 5.41 Å². The first-order valence-corrected chi connectivity index (χ1v) is 8.70. The predicted octanol–water partition coefficient (Wildman–Crippen LogP) is 4.13. The van der Waals surface area contributed by atoms with Crippen molar-refractivity contribution in [2.45, 2.75) is 51.6 Å². The molecule has 1 atom stereocenters. The number of thiophene rings is 1. The Labute approximate surface area is 131 Å². The maximum absolute atomic E-state index is 4.57. The van der Waals surface area contributed by atoms with E-state index in [1.165, 1.54) is 30.6 Å². The SMILES string of the molecule is Cn1ccnc1C(NC1CCC(C)(C)CC1)c1cccs1. The molecule has 2 heterocycles. The van der Waals surface area contributed by atoms with Crippen LogP contribution in [0.25, 0.3) is 0 Å². The molecule has 0 spiro atoms. The summed E-state index contributed by atoms with van der Waals surface area (Å²) < 4.78 is 2.13. The lowest BCUT2D eigenvalue weighted by atomic mass is 9.75. The number of hydrogen-bond donors (Lipinski definition) is 1. The van der Waals surface area contributed by atoms with E-state index in [1.807, 2.05) is 23.7 Å². The topological polar surface area (TPSA) is 29.9 Å². The quantitative estimate of drug-likeness (QED) is 0.920. The number of imidazole rings is 1. The van der Waals surface area contributed by atoms with Gasteiger partial charge in [-0.05, 0) is 42.5 Å². The largest absolute Gasteiger partial charge is 0.336 e. The highest BCUT2D eigenvalue weighted by Crippen LogP contribution is 2.36. The Bertz CT molecular complexity index is 561. The molecule has 0 aromatic carbocycles. The highest BCUT2D eigenvalue weighted by atomic mass is 32.1. The number of aryl methyl sites for hydroxylation is 1. The molecule has 2 aromatic rings. The van der Waals surface area contributed by atoms with Gasteiger partial charge in [0, 0.05) is 30.4 Å². The van der Waals surface area contributed by atoms with Gasteiger partial charge in [0.05, 0.1) is 0 Å². The molecule has 1 aliphatic carbocycles. The molecule has 2 aromatic heterocycles. The second-order valence-corrected chi connectivity index (χ2v) is 7.93. The second kappa shape index (κ2) is 5.93. The second-order valence-electron chi connectivity index (χ2n) is 6.95. The molecule has 3 rings (SSSR count). The van der Waals surface area contributed by atoms with Gasteiger partial charge in [-0.3, -0.25) is 0 Å². The molecule has 0 aliphatic heterocycles. The molecule has 0 amide bonds. The third kappa shape index (κ3) is 3.38. The number of rotatable bonds is 4. The van der Waals surface area contributed by atoms with E-state index in [2.05, 4.69) is 53.3 Å². The molecule has 114 valence electrons. The molecule has 1 fully saturated rings. The lowest BCUT2D eigenvalue weighted by molar-refractivity contribution is 0.201. The van der Waals surface area contributed by atoms with Crippen molar-refractivity contribution in [2.75, 3.05) is 0 Å². The van der Waals surface area contributed by atoms with E-state index in [-0.39, 0.29) is 6.04 Å². The third-order valence-corrected chi connectivity index (χ3v) is 5.62. The van der Waals surface area contributed by atoms with Crippen LogP contribution in [0.2, 0.25) is 0 Å². The summed E-state index contributed by atoms with van der Waals surface area (Å²) in [4.78, 5) is 5.93. The van der Waals surface area contributed by atoms with Crippen molar-refractivity contribution in [1.82, 2.24) is 14.9 Å². The fourth-order valence-corrected chi connectivity index (χ4v) is 3.98. The van der Waals surface area contributed by atoms with E-state index >= 15 is 0 Å². The first kappa shape index (κ1) is 14.8. The van der Waals surface area contributed by atoms with Crippen molar-refractivity contribution in [2.24, 2.45) is 12.5 Å². The van der Waals surface area contributed by atoms with E-state index < -0.39 is 0 Å². The minimum atomic E-state index is 0.219. The van der Waals surface area contributed by atoms with Crippen LogP contribution in [0.4, 0.5) is 0 Å². The summed E-state index contributed by atoms with van der Waals surface area (Å²) in [7, 11) is 2.08. The van der Waals surface area contributed by atoms with Gasteiger partial charge in [-0.25, -0.2) is 4.98 Å². The van der Waals surface area contributed by atoms with Gasteiger partial charge >= 0.3 is 0 Å². The minimum absolute atomic E-state index is 0.219. The van der Waals surface area contributed by atoms with Gasteiger partial charge in [-0.15, -0.1) is 11.3 Å². The van der Waals surface area contributed by atoms with Crippen molar-refractivity contribution in [3.05, 3.63) is 40.6 Å². The molecule has 0 saturated heterocycles. The summed E-state index contributed by atoms with van der Waals surface area (Å²) in [6.07, 6.45) is 9.06. The van der Waals surface area contributed by atoms with Crippen LogP contribution < -0.4 is 5.32 Å². The Morgan fingerprint density at radius 2 is 2.14 bits per heavy atom. The van der Waals surface area contributed by atoms with Crippen molar-refractivity contribution >= 4 is 11.3 Å². The maximum atomic E-state index is 4.57. The van der Waals surface area contributed by atoms with Crippen LogP contribution in [0.1, 0.15) is 56.3 Å². The molecule has 0 bridgehead atoms. The normalized spacial score (nSPS) is 20.5. The minimum Gasteiger partial charge on any atom is -0.336 e. The van der Waals surface area contributed by atoms with Crippen LogP contribution in [0.3, 0.4) is 0 Å². The first-order chi connectivity index (χ1) is 10.1. The number of nitrogens with zero attached hydrogens (tertiary/aromatic N) is 2. The zero-order valence-corrected chi connectivity index (χ0v) is 14.0. The molecule has 0 radical (unpaired) electrons. The van der Waals surface area contributed by atoms with Gasteiger partial charge in [-0.1, -0.05) is 19.9 Å².